The van der Waals surface area contributed by atoms with E-state index in [1.165, 1.54) is 37.1 Å². The zero-order valence-electron chi connectivity index (χ0n) is 8.48. The number of hydrogen-bond donors (Lipinski definition) is 1. The fraction of sp³-hybridized carbons (Fsp3) is 0.727. The van der Waals surface area contributed by atoms with Crippen molar-refractivity contribution < 1.29 is 0 Å². The Hall–Kier alpha value is -0.410. The molecule has 0 saturated heterocycles. The van der Waals surface area contributed by atoms with Crippen LogP contribution in [0.2, 0.25) is 0 Å². The summed E-state index contributed by atoms with van der Waals surface area (Å²) < 4.78 is 0. The molecule has 2 nitrogen and oxygen atoms in total. The normalized spacial score (nSPS) is 28.6. The summed E-state index contributed by atoms with van der Waals surface area (Å²) in [6.45, 7) is 0. The van der Waals surface area contributed by atoms with Gasteiger partial charge in [-0.3, -0.25) is 0 Å². The predicted molar refractivity (Wildman–Crippen MR) is 60.4 cm³/mol. The van der Waals surface area contributed by atoms with Gasteiger partial charge in [0, 0.05) is 24.0 Å². The van der Waals surface area contributed by atoms with Gasteiger partial charge in [-0.05, 0) is 18.8 Å². The zero-order valence-corrected chi connectivity index (χ0v) is 9.30. The van der Waals surface area contributed by atoms with E-state index in [1.807, 2.05) is 6.20 Å². The molecule has 1 aliphatic rings. The fourth-order valence-electron chi connectivity index (χ4n) is 2.24. The predicted octanol–water partition coefficient (Wildman–Crippen LogP) is 2.59. The molecule has 2 rings (SSSR count). The van der Waals surface area contributed by atoms with E-state index in [9.17, 15) is 0 Å². The zero-order chi connectivity index (χ0) is 9.80. The quantitative estimate of drug-likeness (QED) is 0.762. The van der Waals surface area contributed by atoms with Gasteiger partial charge in [-0.2, -0.15) is 0 Å². The van der Waals surface area contributed by atoms with E-state index in [1.54, 1.807) is 11.3 Å². The number of nitrogens with two attached hydrogens (primary N) is 1. The molecule has 0 bridgehead atoms. The van der Waals surface area contributed by atoms with Crippen LogP contribution in [0, 0.1) is 5.92 Å². The van der Waals surface area contributed by atoms with Crippen LogP contribution in [-0.2, 0) is 6.42 Å². The lowest BCUT2D eigenvalue weighted by atomic mass is 9.92. The number of rotatable bonds is 2. The van der Waals surface area contributed by atoms with E-state index < -0.39 is 0 Å². The van der Waals surface area contributed by atoms with Crippen LogP contribution in [0.25, 0.3) is 0 Å². The largest absolute Gasteiger partial charge is 0.327 e. The molecule has 1 saturated carbocycles. The van der Waals surface area contributed by atoms with E-state index >= 15 is 0 Å². The topological polar surface area (TPSA) is 38.9 Å². The summed E-state index contributed by atoms with van der Waals surface area (Å²) in [6.07, 6.45) is 9.51. The first-order valence-corrected chi connectivity index (χ1v) is 6.38. The van der Waals surface area contributed by atoms with Crippen molar-refractivity contribution in [3.63, 3.8) is 0 Å². The van der Waals surface area contributed by atoms with Gasteiger partial charge in [-0.1, -0.05) is 19.3 Å². The van der Waals surface area contributed by atoms with E-state index in [4.69, 9.17) is 5.73 Å². The lowest BCUT2D eigenvalue weighted by Gasteiger charge is -2.19. The highest BCUT2D eigenvalue weighted by Gasteiger charge is 2.21. The molecule has 1 fully saturated rings. The van der Waals surface area contributed by atoms with Crippen molar-refractivity contribution >= 4 is 11.3 Å². The summed E-state index contributed by atoms with van der Waals surface area (Å²) in [5.74, 6) is 0.670. The molecular weight excluding hydrogens is 192 g/mol. The van der Waals surface area contributed by atoms with Crippen LogP contribution in [0.4, 0.5) is 0 Å². The second-order valence-corrected chi connectivity index (χ2v) is 5.17. The molecule has 0 radical (unpaired) electrons. The third kappa shape index (κ3) is 2.55. The molecule has 0 spiro atoms. The van der Waals surface area contributed by atoms with Crippen LogP contribution in [0.3, 0.4) is 0 Å². The monoisotopic (exact) mass is 210 g/mol. The summed E-state index contributed by atoms with van der Waals surface area (Å²) in [5.41, 5.74) is 6.17. The highest BCUT2D eigenvalue weighted by atomic mass is 32.1. The van der Waals surface area contributed by atoms with Gasteiger partial charge in [0.2, 0.25) is 0 Å². The van der Waals surface area contributed by atoms with Crippen LogP contribution in [0.5, 0.6) is 0 Å². The second kappa shape index (κ2) is 4.89. The maximum absolute atomic E-state index is 6.17. The Kier molecular flexibility index (Phi) is 3.54. The van der Waals surface area contributed by atoms with Crippen LogP contribution in [-0.4, -0.2) is 11.0 Å². The summed E-state index contributed by atoms with van der Waals surface area (Å²) in [5, 5.41) is 3.31. The average molecular weight is 210 g/mol. The number of aromatic nitrogens is 1. The smallest absolute Gasteiger partial charge is 0.0928 e. The van der Waals surface area contributed by atoms with Crippen molar-refractivity contribution in [2.75, 3.05) is 0 Å². The van der Waals surface area contributed by atoms with Crippen molar-refractivity contribution in [1.29, 1.82) is 0 Å². The molecule has 14 heavy (non-hydrogen) atoms. The van der Waals surface area contributed by atoms with Crippen molar-refractivity contribution in [1.82, 2.24) is 4.98 Å². The first-order chi connectivity index (χ1) is 6.86. The Morgan fingerprint density at radius 1 is 1.36 bits per heavy atom. The van der Waals surface area contributed by atoms with Gasteiger partial charge in [0.1, 0.15) is 0 Å². The van der Waals surface area contributed by atoms with Crippen LogP contribution in [0.15, 0.2) is 11.6 Å². The van der Waals surface area contributed by atoms with Crippen LogP contribution >= 0.6 is 11.3 Å². The second-order valence-electron chi connectivity index (χ2n) is 4.19. The van der Waals surface area contributed by atoms with Crippen molar-refractivity contribution in [2.24, 2.45) is 11.7 Å². The van der Waals surface area contributed by atoms with Crippen molar-refractivity contribution in [2.45, 2.75) is 44.6 Å². The molecule has 1 aromatic rings. The summed E-state index contributed by atoms with van der Waals surface area (Å²) >= 11 is 1.76. The van der Waals surface area contributed by atoms with Gasteiger partial charge in [0.05, 0.1) is 5.01 Å². The minimum Gasteiger partial charge on any atom is -0.327 e. The van der Waals surface area contributed by atoms with Gasteiger partial charge < -0.3 is 5.73 Å². The summed E-state index contributed by atoms with van der Waals surface area (Å²) in [4.78, 5) is 4.34. The maximum atomic E-state index is 6.17. The highest BCUT2D eigenvalue weighted by molar-refractivity contribution is 7.09. The van der Waals surface area contributed by atoms with Crippen molar-refractivity contribution in [3.8, 4) is 0 Å². The summed E-state index contributed by atoms with van der Waals surface area (Å²) in [7, 11) is 0. The molecule has 1 heterocycles. The number of thiazole rings is 1. The minimum atomic E-state index is 0.404. The Balaban J connectivity index is 1.94. The van der Waals surface area contributed by atoms with E-state index in [2.05, 4.69) is 10.4 Å². The lowest BCUT2D eigenvalue weighted by Crippen LogP contribution is -2.30. The number of hydrogen-bond acceptors (Lipinski definition) is 3. The first-order valence-electron chi connectivity index (χ1n) is 5.50. The molecular formula is C11H18N2S. The molecule has 2 N–H and O–H groups in total. The molecule has 0 amide bonds. The molecule has 0 aromatic carbocycles. The van der Waals surface area contributed by atoms with Crippen LogP contribution < -0.4 is 5.73 Å². The van der Waals surface area contributed by atoms with Gasteiger partial charge in [-0.15, -0.1) is 11.3 Å². The molecule has 2 unspecified atom stereocenters. The third-order valence-electron chi connectivity index (χ3n) is 3.14. The fourth-order valence-corrected chi connectivity index (χ4v) is 2.96. The van der Waals surface area contributed by atoms with E-state index in [0.29, 0.717) is 12.0 Å². The first kappa shape index (κ1) is 10.1. The molecule has 1 aromatic heterocycles. The van der Waals surface area contributed by atoms with Gasteiger partial charge in [-0.25, -0.2) is 4.98 Å². The molecule has 78 valence electrons. The maximum Gasteiger partial charge on any atom is 0.0928 e. The van der Waals surface area contributed by atoms with Crippen molar-refractivity contribution in [3.05, 3.63) is 16.6 Å². The molecule has 0 aliphatic heterocycles. The third-order valence-corrected chi connectivity index (χ3v) is 3.94. The van der Waals surface area contributed by atoms with E-state index in [0.717, 1.165) is 6.42 Å². The summed E-state index contributed by atoms with van der Waals surface area (Å²) in [6, 6.07) is 0.404. The Morgan fingerprint density at radius 3 is 3.00 bits per heavy atom. The average Bonchev–Trinajstić information content (AvgIpc) is 2.60. The van der Waals surface area contributed by atoms with Crippen LogP contribution in [0.1, 0.15) is 37.1 Å². The molecule has 2 atom stereocenters. The Labute approximate surface area is 89.5 Å². The number of nitrogens with zero attached hydrogens (tertiary/aromatic N) is 1. The van der Waals surface area contributed by atoms with Gasteiger partial charge >= 0.3 is 0 Å². The van der Waals surface area contributed by atoms with E-state index in [-0.39, 0.29) is 0 Å². The Morgan fingerprint density at radius 2 is 2.21 bits per heavy atom. The SMILES string of the molecule is NC1CCCCCC1Cc1nccs1. The molecule has 1 aliphatic carbocycles. The minimum absolute atomic E-state index is 0.404. The molecule has 3 heteroatoms. The van der Waals surface area contributed by atoms with Gasteiger partial charge in [0.15, 0.2) is 0 Å². The highest BCUT2D eigenvalue weighted by Crippen LogP contribution is 2.25. The van der Waals surface area contributed by atoms with Gasteiger partial charge in [0.25, 0.3) is 0 Å². The lowest BCUT2D eigenvalue weighted by molar-refractivity contribution is 0.395. The Bertz CT molecular complexity index is 258. The standard InChI is InChI=1S/C11H18N2S/c12-10-5-3-1-2-4-9(10)8-11-13-6-7-14-11/h6-7,9-10H,1-5,8,12H2.